The van der Waals surface area contributed by atoms with E-state index in [-0.39, 0.29) is 17.9 Å². The van der Waals surface area contributed by atoms with Gasteiger partial charge in [-0.15, -0.1) is 0 Å². The lowest BCUT2D eigenvalue weighted by molar-refractivity contribution is -0.145. The Kier molecular flexibility index (Phi) is 5.76. The predicted octanol–water partition coefficient (Wildman–Crippen LogP) is 2.47. The molecule has 2 fully saturated rings. The number of urea groups is 1. The van der Waals surface area contributed by atoms with Crippen molar-refractivity contribution in [1.29, 1.82) is 0 Å². The molecule has 8 heteroatoms. The summed E-state index contributed by atoms with van der Waals surface area (Å²) in [5, 5.41) is 0. The molecule has 28 heavy (non-hydrogen) atoms. The highest BCUT2D eigenvalue weighted by atomic mass is 19.1. The molecule has 1 aliphatic heterocycles. The van der Waals surface area contributed by atoms with Crippen molar-refractivity contribution in [2.75, 3.05) is 13.6 Å². The van der Waals surface area contributed by atoms with Gasteiger partial charge in [0.25, 0.3) is 0 Å². The minimum Gasteiger partial charge on any atom is -0.337 e. The fourth-order valence-electron chi connectivity index (χ4n) is 3.75. The van der Waals surface area contributed by atoms with Crippen LogP contribution in [0.3, 0.4) is 0 Å². The first-order valence-corrected chi connectivity index (χ1v) is 9.51. The number of amides is 5. The molecule has 0 N–H and O–H groups in total. The summed E-state index contributed by atoms with van der Waals surface area (Å²) in [6.45, 7) is 1.27. The highest BCUT2D eigenvalue weighted by molar-refractivity contribution is 6.45. The van der Waals surface area contributed by atoms with Crippen molar-refractivity contribution >= 4 is 23.8 Å². The Morgan fingerprint density at radius 1 is 1.11 bits per heavy atom. The minimum absolute atomic E-state index is 0.270. The number of imide groups is 2. The molecular formula is C20H24FN3O4. The average molecular weight is 389 g/mol. The van der Waals surface area contributed by atoms with Gasteiger partial charge in [-0.1, -0.05) is 31.4 Å². The van der Waals surface area contributed by atoms with Crippen molar-refractivity contribution in [2.24, 2.45) is 0 Å². The van der Waals surface area contributed by atoms with E-state index >= 15 is 0 Å². The van der Waals surface area contributed by atoms with E-state index in [4.69, 9.17) is 0 Å². The second-order valence-electron chi connectivity index (χ2n) is 7.37. The molecular weight excluding hydrogens is 365 g/mol. The number of hydrogen-bond acceptors (Lipinski definition) is 4. The Balaban J connectivity index is 1.68. The lowest BCUT2D eigenvalue weighted by Gasteiger charge is -2.29. The molecule has 1 heterocycles. The minimum atomic E-state index is -0.952. The van der Waals surface area contributed by atoms with E-state index in [1.54, 1.807) is 26.1 Å². The van der Waals surface area contributed by atoms with Crippen LogP contribution in [0.5, 0.6) is 0 Å². The topological polar surface area (TPSA) is 78.0 Å². The van der Waals surface area contributed by atoms with Crippen molar-refractivity contribution in [1.82, 2.24) is 14.7 Å². The molecule has 1 aliphatic carbocycles. The summed E-state index contributed by atoms with van der Waals surface area (Å²) in [5.41, 5.74) is 0.719. The number of halogens is 1. The van der Waals surface area contributed by atoms with E-state index in [0.29, 0.717) is 12.8 Å². The Labute approximate surface area is 163 Å². The monoisotopic (exact) mass is 389 g/mol. The number of rotatable bonds is 5. The summed E-state index contributed by atoms with van der Waals surface area (Å²) < 4.78 is 13.1. The van der Waals surface area contributed by atoms with Crippen molar-refractivity contribution in [2.45, 2.75) is 51.1 Å². The van der Waals surface area contributed by atoms with Gasteiger partial charge in [0.1, 0.15) is 12.4 Å². The molecule has 0 unspecified atom stereocenters. The van der Waals surface area contributed by atoms with E-state index in [1.165, 1.54) is 17.0 Å². The maximum absolute atomic E-state index is 13.1. The second-order valence-corrected chi connectivity index (χ2v) is 7.37. The van der Waals surface area contributed by atoms with Crippen molar-refractivity contribution in [3.05, 3.63) is 35.6 Å². The first kappa shape index (κ1) is 20.0. The van der Waals surface area contributed by atoms with Crippen LogP contribution in [-0.2, 0) is 14.4 Å². The van der Waals surface area contributed by atoms with E-state index in [1.807, 2.05) is 0 Å². The second kappa shape index (κ2) is 8.08. The summed E-state index contributed by atoms with van der Waals surface area (Å²) in [4.78, 5) is 53.1. The number of carbonyl (C=O) groups is 4. The van der Waals surface area contributed by atoms with Crippen LogP contribution in [0.2, 0.25) is 0 Å². The number of nitrogens with zero attached hydrogens (tertiary/aromatic N) is 3. The standard InChI is InChI=1S/C20H24FN3O4/c1-13(14-8-10-15(21)11-9-14)22(2)17(25)12-23-18(26)19(27)24(20(23)28)16-6-4-3-5-7-16/h8-11,13,16H,3-7,12H2,1-2H3/t13-/m1/s1. The molecule has 2 aliphatic rings. The quantitative estimate of drug-likeness (QED) is 0.573. The van der Waals surface area contributed by atoms with Gasteiger partial charge in [-0.05, 0) is 37.5 Å². The van der Waals surface area contributed by atoms with Crippen molar-refractivity contribution in [3.63, 3.8) is 0 Å². The first-order valence-electron chi connectivity index (χ1n) is 9.51. The van der Waals surface area contributed by atoms with Gasteiger partial charge in [0.05, 0.1) is 6.04 Å². The number of likely N-dealkylation sites (N-methyl/N-ethyl adjacent to an activating group) is 1. The largest absolute Gasteiger partial charge is 0.337 e. The van der Waals surface area contributed by atoms with Gasteiger partial charge in [0.15, 0.2) is 0 Å². The fourth-order valence-corrected chi connectivity index (χ4v) is 3.75. The van der Waals surface area contributed by atoms with Gasteiger partial charge >= 0.3 is 17.8 Å². The third-order valence-corrected chi connectivity index (χ3v) is 5.64. The number of benzene rings is 1. The molecule has 1 saturated heterocycles. The van der Waals surface area contributed by atoms with Crippen molar-refractivity contribution < 1.29 is 23.6 Å². The van der Waals surface area contributed by atoms with Gasteiger partial charge in [-0.25, -0.2) is 14.1 Å². The Bertz CT molecular complexity index is 789. The maximum Gasteiger partial charge on any atom is 0.334 e. The lowest BCUT2D eigenvalue weighted by Crippen LogP contribution is -2.45. The van der Waals surface area contributed by atoms with Crippen LogP contribution in [0.1, 0.15) is 50.6 Å². The zero-order chi connectivity index (χ0) is 20.4. The highest BCUT2D eigenvalue weighted by Gasteiger charge is 2.48. The lowest BCUT2D eigenvalue weighted by atomic mass is 9.94. The van der Waals surface area contributed by atoms with Crippen LogP contribution in [0.25, 0.3) is 0 Å². The molecule has 1 saturated carbocycles. The zero-order valence-electron chi connectivity index (χ0n) is 16.1. The molecule has 7 nitrogen and oxygen atoms in total. The van der Waals surface area contributed by atoms with E-state index in [9.17, 15) is 23.6 Å². The van der Waals surface area contributed by atoms with Gasteiger partial charge in [-0.3, -0.25) is 19.3 Å². The van der Waals surface area contributed by atoms with Crippen molar-refractivity contribution in [3.8, 4) is 0 Å². The van der Waals surface area contributed by atoms with Gasteiger partial charge < -0.3 is 4.90 Å². The summed E-state index contributed by atoms with van der Waals surface area (Å²) >= 11 is 0. The molecule has 1 aromatic carbocycles. The number of hydrogen-bond donors (Lipinski definition) is 0. The van der Waals surface area contributed by atoms with E-state index in [2.05, 4.69) is 0 Å². The summed E-state index contributed by atoms with van der Waals surface area (Å²) in [6.07, 6.45) is 4.25. The molecule has 0 bridgehead atoms. The summed E-state index contributed by atoms with van der Waals surface area (Å²) in [5.74, 6) is -2.65. The summed E-state index contributed by atoms with van der Waals surface area (Å²) in [6, 6.07) is 4.39. The van der Waals surface area contributed by atoms with Crippen LogP contribution in [0.4, 0.5) is 9.18 Å². The number of carbonyl (C=O) groups excluding carboxylic acids is 4. The third kappa shape index (κ3) is 3.76. The molecule has 1 atom stereocenters. The Morgan fingerprint density at radius 3 is 2.32 bits per heavy atom. The third-order valence-electron chi connectivity index (χ3n) is 5.64. The van der Waals surface area contributed by atoms with Crippen LogP contribution in [0.15, 0.2) is 24.3 Å². The van der Waals surface area contributed by atoms with E-state index in [0.717, 1.165) is 34.6 Å². The van der Waals surface area contributed by atoms with Crippen LogP contribution < -0.4 is 0 Å². The maximum atomic E-state index is 13.1. The molecule has 0 radical (unpaired) electrons. The molecule has 150 valence electrons. The average Bonchev–Trinajstić information content (AvgIpc) is 2.91. The van der Waals surface area contributed by atoms with Crippen LogP contribution in [-0.4, -0.2) is 58.1 Å². The van der Waals surface area contributed by atoms with Crippen LogP contribution in [0, 0.1) is 5.82 Å². The van der Waals surface area contributed by atoms with Gasteiger partial charge in [0.2, 0.25) is 5.91 Å². The molecule has 3 rings (SSSR count). The van der Waals surface area contributed by atoms with E-state index < -0.39 is 30.3 Å². The Hall–Kier alpha value is -2.77. The highest BCUT2D eigenvalue weighted by Crippen LogP contribution is 2.27. The van der Waals surface area contributed by atoms with Crippen LogP contribution >= 0.6 is 0 Å². The zero-order valence-corrected chi connectivity index (χ0v) is 16.1. The van der Waals surface area contributed by atoms with Gasteiger partial charge in [0, 0.05) is 13.1 Å². The SMILES string of the molecule is C[C@H](c1ccc(F)cc1)N(C)C(=O)CN1C(=O)C(=O)N(C2CCCCC2)C1=O. The fraction of sp³-hybridized carbons (Fsp3) is 0.500. The Morgan fingerprint density at radius 2 is 1.71 bits per heavy atom. The normalized spacial score (nSPS) is 19.3. The first-order chi connectivity index (χ1) is 13.3. The van der Waals surface area contributed by atoms with Gasteiger partial charge in [-0.2, -0.15) is 0 Å². The molecule has 0 spiro atoms. The smallest absolute Gasteiger partial charge is 0.334 e. The predicted molar refractivity (Wildman–Crippen MR) is 98.4 cm³/mol. The molecule has 0 aromatic heterocycles. The summed E-state index contributed by atoms with van der Waals surface area (Å²) in [7, 11) is 1.54. The molecule has 5 amide bonds. The molecule has 1 aromatic rings.